The molecule has 3 aromatic rings. The molecular formula is C23H24ClN5O5S. The summed E-state index contributed by atoms with van der Waals surface area (Å²) in [5.74, 6) is 0.444. The van der Waals surface area contributed by atoms with Crippen molar-refractivity contribution in [2.24, 2.45) is 5.92 Å². The molecule has 1 amide bonds. The van der Waals surface area contributed by atoms with E-state index in [9.17, 15) is 13.2 Å². The van der Waals surface area contributed by atoms with Crippen molar-refractivity contribution in [2.45, 2.75) is 24.2 Å². The molecule has 35 heavy (non-hydrogen) atoms. The van der Waals surface area contributed by atoms with E-state index in [1.54, 1.807) is 24.3 Å². The van der Waals surface area contributed by atoms with Crippen molar-refractivity contribution in [3.63, 3.8) is 0 Å². The Bertz CT molecular complexity index is 1320. The largest absolute Gasteiger partial charge is 0.490 e. The molecule has 3 heterocycles. The topological polar surface area (TPSA) is 116 Å². The Kier molecular flexibility index (Phi) is 6.63. The number of hydrogen-bond acceptors (Lipinski definition) is 7. The average molecular weight is 518 g/mol. The third-order valence-electron chi connectivity index (χ3n) is 6.06. The predicted octanol–water partition coefficient (Wildman–Crippen LogP) is 3.12. The fraction of sp³-hybridized carbons (Fsp3) is 0.348. The molecule has 0 spiro atoms. The molecule has 2 aliphatic rings. The number of nitrogens with one attached hydrogen (secondary N) is 1. The van der Waals surface area contributed by atoms with Gasteiger partial charge in [-0.05, 0) is 43.2 Å². The first-order valence-corrected chi connectivity index (χ1v) is 13.1. The van der Waals surface area contributed by atoms with E-state index in [-0.39, 0.29) is 29.8 Å². The molecule has 12 heteroatoms. The number of aromatic nitrogens is 3. The lowest BCUT2D eigenvalue weighted by atomic mass is 9.97. The lowest BCUT2D eigenvalue weighted by Gasteiger charge is -2.30. The molecule has 0 aliphatic carbocycles. The first kappa shape index (κ1) is 23.6. The van der Waals surface area contributed by atoms with E-state index in [1.807, 2.05) is 0 Å². The maximum absolute atomic E-state index is 13.2. The minimum absolute atomic E-state index is 0.154. The third kappa shape index (κ3) is 4.97. The third-order valence-corrected chi connectivity index (χ3v) is 8.19. The van der Waals surface area contributed by atoms with Gasteiger partial charge in [-0.3, -0.25) is 4.79 Å². The highest BCUT2D eigenvalue weighted by Gasteiger charge is 2.33. The van der Waals surface area contributed by atoms with Crippen LogP contribution in [-0.2, 0) is 14.8 Å². The number of piperidine rings is 1. The van der Waals surface area contributed by atoms with Gasteiger partial charge in [0.05, 0.1) is 29.5 Å². The van der Waals surface area contributed by atoms with Crippen LogP contribution in [0, 0.1) is 5.92 Å². The smallest absolute Gasteiger partial charge is 0.243 e. The Balaban J connectivity index is 1.26. The summed E-state index contributed by atoms with van der Waals surface area (Å²) in [6, 6.07) is 9.78. The molecule has 2 aliphatic heterocycles. The fourth-order valence-electron chi connectivity index (χ4n) is 4.19. The van der Waals surface area contributed by atoms with Gasteiger partial charge in [0.15, 0.2) is 11.5 Å². The summed E-state index contributed by atoms with van der Waals surface area (Å²) in [5, 5.41) is 7.51. The number of anilines is 1. The van der Waals surface area contributed by atoms with E-state index in [4.69, 9.17) is 21.1 Å². The van der Waals surface area contributed by atoms with Crippen LogP contribution >= 0.6 is 11.6 Å². The summed E-state index contributed by atoms with van der Waals surface area (Å²) in [6.07, 6.45) is 4.47. The van der Waals surface area contributed by atoms with Crippen molar-refractivity contribution >= 4 is 33.2 Å². The number of rotatable bonds is 5. The first-order chi connectivity index (χ1) is 16.9. The van der Waals surface area contributed by atoms with Crippen LogP contribution in [0.1, 0.15) is 19.3 Å². The van der Waals surface area contributed by atoms with Crippen molar-refractivity contribution in [1.82, 2.24) is 19.1 Å². The SMILES string of the molecule is O=C(Nc1cc(Cl)ccc1-n1cncn1)C1CCN(S(=O)(=O)c2ccc3c(c2)OCCCO3)CC1. The van der Waals surface area contributed by atoms with Crippen molar-refractivity contribution in [2.75, 3.05) is 31.6 Å². The molecule has 0 unspecified atom stereocenters. The standard InChI is InChI=1S/C23H24ClN5O5S/c24-17-2-4-20(29-15-25-14-26-29)19(12-17)27-23(30)16-6-8-28(9-7-16)35(31,32)18-3-5-21-22(13-18)34-11-1-10-33-21/h2-5,12-16H,1,6-11H2,(H,27,30). The van der Waals surface area contributed by atoms with Crippen LogP contribution in [0.2, 0.25) is 5.02 Å². The second-order valence-corrected chi connectivity index (χ2v) is 10.7. The molecule has 0 bridgehead atoms. The summed E-state index contributed by atoms with van der Waals surface area (Å²) in [7, 11) is -3.73. The highest BCUT2D eigenvalue weighted by Crippen LogP contribution is 2.34. The highest BCUT2D eigenvalue weighted by molar-refractivity contribution is 7.89. The van der Waals surface area contributed by atoms with E-state index in [2.05, 4.69) is 15.4 Å². The summed E-state index contributed by atoms with van der Waals surface area (Å²) in [5.41, 5.74) is 1.14. The molecule has 2 aromatic carbocycles. The molecule has 184 valence electrons. The van der Waals surface area contributed by atoms with Crippen molar-refractivity contribution < 1.29 is 22.7 Å². The summed E-state index contributed by atoms with van der Waals surface area (Å²) in [4.78, 5) is 17.1. The lowest BCUT2D eigenvalue weighted by molar-refractivity contribution is -0.120. The van der Waals surface area contributed by atoms with Crippen LogP contribution in [0.5, 0.6) is 11.5 Å². The number of halogens is 1. The number of hydrogen-bond donors (Lipinski definition) is 1. The van der Waals surface area contributed by atoms with Gasteiger partial charge in [-0.1, -0.05) is 11.6 Å². The highest BCUT2D eigenvalue weighted by atomic mass is 35.5. The molecular weight excluding hydrogens is 494 g/mol. The van der Waals surface area contributed by atoms with Gasteiger partial charge < -0.3 is 14.8 Å². The van der Waals surface area contributed by atoms with E-state index >= 15 is 0 Å². The van der Waals surface area contributed by atoms with Gasteiger partial charge in [0.2, 0.25) is 15.9 Å². The number of amides is 1. The second kappa shape index (κ2) is 9.84. The summed E-state index contributed by atoms with van der Waals surface area (Å²) < 4.78 is 40.7. The number of carbonyl (C=O) groups is 1. The molecule has 0 atom stereocenters. The van der Waals surface area contributed by atoms with Crippen LogP contribution in [0.15, 0.2) is 53.9 Å². The van der Waals surface area contributed by atoms with Crippen LogP contribution < -0.4 is 14.8 Å². The monoisotopic (exact) mass is 517 g/mol. The molecule has 5 rings (SSSR count). The van der Waals surface area contributed by atoms with Crippen molar-refractivity contribution in [1.29, 1.82) is 0 Å². The van der Waals surface area contributed by atoms with Gasteiger partial charge in [0, 0.05) is 36.5 Å². The number of ether oxygens (including phenoxy) is 2. The van der Waals surface area contributed by atoms with Gasteiger partial charge >= 0.3 is 0 Å². The molecule has 1 fully saturated rings. The Hall–Kier alpha value is -3.15. The van der Waals surface area contributed by atoms with Gasteiger partial charge in [0.1, 0.15) is 12.7 Å². The van der Waals surface area contributed by atoms with Crippen LogP contribution in [0.4, 0.5) is 5.69 Å². The maximum atomic E-state index is 13.2. The Morgan fingerprint density at radius 1 is 1.06 bits per heavy atom. The number of benzene rings is 2. The van der Waals surface area contributed by atoms with Crippen molar-refractivity contribution in [3.05, 3.63) is 54.1 Å². The Morgan fingerprint density at radius 2 is 1.83 bits per heavy atom. The van der Waals surface area contributed by atoms with E-state index in [0.29, 0.717) is 54.0 Å². The minimum Gasteiger partial charge on any atom is -0.490 e. The zero-order valence-electron chi connectivity index (χ0n) is 18.8. The molecule has 1 saturated heterocycles. The van der Waals surface area contributed by atoms with E-state index in [0.717, 1.165) is 6.42 Å². The van der Waals surface area contributed by atoms with Crippen LogP contribution in [0.3, 0.4) is 0 Å². The Morgan fingerprint density at radius 3 is 2.57 bits per heavy atom. The van der Waals surface area contributed by atoms with Crippen LogP contribution in [0.25, 0.3) is 5.69 Å². The number of carbonyl (C=O) groups excluding carboxylic acids is 1. The zero-order valence-corrected chi connectivity index (χ0v) is 20.3. The number of sulfonamides is 1. The maximum Gasteiger partial charge on any atom is 0.243 e. The van der Waals surface area contributed by atoms with Crippen LogP contribution in [-0.4, -0.2) is 59.7 Å². The van der Waals surface area contributed by atoms with E-state index < -0.39 is 10.0 Å². The van der Waals surface area contributed by atoms with E-state index in [1.165, 1.54) is 33.8 Å². The van der Waals surface area contributed by atoms with Gasteiger partial charge in [-0.25, -0.2) is 18.1 Å². The first-order valence-electron chi connectivity index (χ1n) is 11.3. The lowest BCUT2D eigenvalue weighted by Crippen LogP contribution is -2.41. The molecule has 10 nitrogen and oxygen atoms in total. The number of fused-ring (bicyclic) bond motifs is 1. The number of nitrogens with zero attached hydrogens (tertiary/aromatic N) is 4. The molecule has 0 saturated carbocycles. The molecule has 1 N–H and O–H groups in total. The summed E-state index contributed by atoms with van der Waals surface area (Å²) in [6.45, 7) is 1.48. The second-order valence-electron chi connectivity index (χ2n) is 8.33. The van der Waals surface area contributed by atoms with Crippen molar-refractivity contribution in [3.8, 4) is 17.2 Å². The van der Waals surface area contributed by atoms with Gasteiger partial charge in [-0.15, -0.1) is 0 Å². The normalized spacial score (nSPS) is 17.1. The predicted molar refractivity (Wildman–Crippen MR) is 129 cm³/mol. The zero-order chi connectivity index (χ0) is 24.4. The molecule has 0 radical (unpaired) electrons. The average Bonchev–Trinajstić information content (AvgIpc) is 3.28. The van der Waals surface area contributed by atoms with Gasteiger partial charge in [0.25, 0.3) is 0 Å². The Labute approximate surface area is 207 Å². The fourth-order valence-corrected chi connectivity index (χ4v) is 5.84. The minimum atomic E-state index is -3.73. The van der Waals surface area contributed by atoms with Gasteiger partial charge in [-0.2, -0.15) is 9.40 Å². The molecule has 1 aromatic heterocycles. The summed E-state index contributed by atoms with van der Waals surface area (Å²) >= 11 is 6.14. The quantitative estimate of drug-likeness (QED) is 0.552.